The first-order valence-corrected chi connectivity index (χ1v) is 10.4. The van der Waals surface area contributed by atoms with Crippen LogP contribution in [0.2, 0.25) is 0 Å². The van der Waals surface area contributed by atoms with Gasteiger partial charge in [-0.25, -0.2) is 17.6 Å². The Morgan fingerprint density at radius 1 is 0.970 bits per heavy atom. The fourth-order valence-corrected chi connectivity index (χ4v) is 3.68. The molecule has 0 N–H and O–H groups in total. The minimum Gasteiger partial charge on any atom is -0.392 e. The van der Waals surface area contributed by atoms with Gasteiger partial charge >= 0.3 is 0 Å². The third-order valence-corrected chi connectivity index (χ3v) is 5.51. The van der Waals surface area contributed by atoms with Crippen LogP contribution in [0.15, 0.2) is 64.7 Å². The van der Waals surface area contributed by atoms with Gasteiger partial charge in [-0.1, -0.05) is 11.2 Å². The summed E-state index contributed by atoms with van der Waals surface area (Å²) in [6, 6.07) is 8.62. The summed E-state index contributed by atoms with van der Waals surface area (Å²) in [4.78, 5) is 20.2. The number of hydrogen-bond acceptors (Lipinski definition) is 4. The van der Waals surface area contributed by atoms with Gasteiger partial charge < -0.3 is 9.74 Å². The molecule has 0 saturated carbocycles. The second-order valence-electron chi connectivity index (χ2n) is 7.87. The second kappa shape index (κ2) is 9.58. The Bertz CT molecular complexity index is 1230. The van der Waals surface area contributed by atoms with Crippen LogP contribution in [-0.4, -0.2) is 41.4 Å². The van der Waals surface area contributed by atoms with Gasteiger partial charge in [0, 0.05) is 42.5 Å². The molecule has 2 aromatic carbocycles. The largest absolute Gasteiger partial charge is 0.392 e. The minimum absolute atomic E-state index is 0.0306. The third-order valence-electron chi connectivity index (χ3n) is 5.51. The summed E-state index contributed by atoms with van der Waals surface area (Å²) in [6.07, 6.45) is 2.36. The van der Waals surface area contributed by atoms with Crippen LogP contribution in [0.5, 0.6) is 0 Å². The summed E-state index contributed by atoms with van der Waals surface area (Å²) < 4.78 is 57.6. The first-order valence-electron chi connectivity index (χ1n) is 10.4. The highest BCUT2D eigenvalue weighted by Gasteiger charge is 2.21. The Kier molecular flexibility index (Phi) is 6.60. The zero-order valence-corrected chi connectivity index (χ0v) is 17.8. The van der Waals surface area contributed by atoms with Crippen molar-refractivity contribution in [3.63, 3.8) is 0 Å². The Labute approximate surface area is 187 Å². The zero-order valence-electron chi connectivity index (χ0n) is 17.8. The molecule has 0 amide bonds. The standard InChI is InChI=1S/C24H21F4N3O2/c1-30-11-9-17(10-12-30)33-29-23(18-7-6-16(25)13-21(18)28)15-5-8-22(32)31(14-15)24-19(26)3-2-4-20(24)27/h2-8,13-14,17H,9-12H2,1H3/b29-23+. The third kappa shape index (κ3) is 4.98. The molecule has 3 aromatic rings. The van der Waals surface area contributed by atoms with E-state index in [2.05, 4.69) is 10.1 Å². The number of nitrogens with zero attached hydrogens (tertiary/aromatic N) is 3. The van der Waals surface area contributed by atoms with Gasteiger partial charge in [-0.05, 0) is 50.2 Å². The fourth-order valence-electron chi connectivity index (χ4n) is 3.68. The molecule has 1 saturated heterocycles. The Morgan fingerprint density at radius 3 is 2.33 bits per heavy atom. The van der Waals surface area contributed by atoms with E-state index < -0.39 is 34.5 Å². The van der Waals surface area contributed by atoms with Crippen molar-refractivity contribution in [3.05, 3.63) is 99.5 Å². The van der Waals surface area contributed by atoms with Crippen LogP contribution in [0, 0.1) is 23.3 Å². The fraction of sp³-hybridized carbons (Fsp3) is 0.250. The quantitative estimate of drug-likeness (QED) is 0.326. The van der Waals surface area contributed by atoms with Gasteiger partial charge in [-0.15, -0.1) is 0 Å². The highest BCUT2D eigenvalue weighted by Crippen LogP contribution is 2.21. The van der Waals surface area contributed by atoms with Gasteiger partial charge in [-0.2, -0.15) is 0 Å². The van der Waals surface area contributed by atoms with Crippen LogP contribution in [0.1, 0.15) is 24.0 Å². The van der Waals surface area contributed by atoms with E-state index >= 15 is 0 Å². The molecule has 4 rings (SSSR count). The SMILES string of the molecule is CN1CCC(O/N=C(\c2ccc(=O)n(-c3c(F)cccc3F)c2)c2ccc(F)cc2F)CC1. The number of rotatable bonds is 5. The van der Waals surface area contributed by atoms with E-state index in [1.807, 2.05) is 7.05 Å². The molecule has 0 unspecified atom stereocenters. The molecular formula is C24H21F4N3O2. The monoisotopic (exact) mass is 459 g/mol. The van der Waals surface area contributed by atoms with Crippen molar-refractivity contribution >= 4 is 5.71 Å². The molecule has 0 radical (unpaired) electrons. The van der Waals surface area contributed by atoms with Crippen molar-refractivity contribution in [2.45, 2.75) is 18.9 Å². The number of pyridine rings is 1. The van der Waals surface area contributed by atoms with Crippen LogP contribution in [0.4, 0.5) is 17.6 Å². The number of para-hydroxylation sites is 1. The maximum atomic E-state index is 14.7. The van der Waals surface area contributed by atoms with Crippen LogP contribution in [0.25, 0.3) is 5.69 Å². The molecule has 33 heavy (non-hydrogen) atoms. The summed E-state index contributed by atoms with van der Waals surface area (Å²) in [5, 5.41) is 4.15. The number of oxime groups is 1. The number of halogens is 4. The molecule has 0 bridgehead atoms. The average molecular weight is 459 g/mol. The first kappa shape index (κ1) is 22.7. The van der Waals surface area contributed by atoms with E-state index in [0.29, 0.717) is 18.9 Å². The lowest BCUT2D eigenvalue weighted by Gasteiger charge is -2.27. The number of benzene rings is 2. The number of hydrogen-bond donors (Lipinski definition) is 0. The van der Waals surface area contributed by atoms with E-state index in [0.717, 1.165) is 48.1 Å². The van der Waals surface area contributed by atoms with E-state index in [1.54, 1.807) is 0 Å². The molecule has 0 spiro atoms. The van der Waals surface area contributed by atoms with Crippen molar-refractivity contribution in [3.8, 4) is 5.69 Å². The molecule has 5 nitrogen and oxygen atoms in total. The smallest absolute Gasteiger partial charge is 0.255 e. The number of aromatic nitrogens is 1. The average Bonchev–Trinajstić information content (AvgIpc) is 2.78. The summed E-state index contributed by atoms with van der Waals surface area (Å²) in [6.45, 7) is 1.61. The summed E-state index contributed by atoms with van der Waals surface area (Å²) in [5.41, 5.74) is -1.21. The predicted octanol–water partition coefficient (Wildman–Crippen LogP) is 4.26. The molecule has 9 heteroatoms. The molecular weight excluding hydrogens is 438 g/mol. The highest BCUT2D eigenvalue weighted by molar-refractivity contribution is 6.12. The topological polar surface area (TPSA) is 46.8 Å². The van der Waals surface area contributed by atoms with Crippen molar-refractivity contribution in [2.75, 3.05) is 20.1 Å². The Hall–Kier alpha value is -3.46. The lowest BCUT2D eigenvalue weighted by molar-refractivity contribution is 0.0163. The van der Waals surface area contributed by atoms with E-state index in [9.17, 15) is 22.4 Å². The molecule has 1 fully saturated rings. The van der Waals surface area contributed by atoms with Gasteiger partial charge in [-0.3, -0.25) is 9.36 Å². The van der Waals surface area contributed by atoms with Crippen LogP contribution in [-0.2, 0) is 4.84 Å². The van der Waals surface area contributed by atoms with Gasteiger partial charge in [0.1, 0.15) is 40.8 Å². The van der Waals surface area contributed by atoms with Crippen LogP contribution >= 0.6 is 0 Å². The molecule has 1 aromatic heterocycles. The van der Waals surface area contributed by atoms with Crippen LogP contribution < -0.4 is 5.56 Å². The number of piperidine rings is 1. The van der Waals surface area contributed by atoms with Crippen molar-refractivity contribution in [2.24, 2.45) is 5.16 Å². The van der Waals surface area contributed by atoms with E-state index in [1.165, 1.54) is 18.2 Å². The Balaban J connectivity index is 1.80. The normalized spacial score (nSPS) is 15.6. The lowest BCUT2D eigenvalue weighted by Crippen LogP contribution is -2.33. The number of likely N-dealkylation sites (tertiary alicyclic amines) is 1. The second-order valence-corrected chi connectivity index (χ2v) is 7.87. The van der Waals surface area contributed by atoms with E-state index in [4.69, 9.17) is 4.84 Å². The molecule has 172 valence electrons. The zero-order chi connectivity index (χ0) is 23.5. The van der Waals surface area contributed by atoms with Crippen molar-refractivity contribution in [1.82, 2.24) is 9.47 Å². The maximum absolute atomic E-state index is 14.7. The van der Waals surface area contributed by atoms with Crippen LogP contribution in [0.3, 0.4) is 0 Å². The molecule has 1 aliphatic heterocycles. The van der Waals surface area contributed by atoms with E-state index in [-0.39, 0.29) is 22.9 Å². The lowest BCUT2D eigenvalue weighted by atomic mass is 10.0. The highest BCUT2D eigenvalue weighted by atomic mass is 19.1. The predicted molar refractivity (Wildman–Crippen MR) is 116 cm³/mol. The summed E-state index contributed by atoms with van der Waals surface area (Å²) >= 11 is 0. The molecule has 0 atom stereocenters. The van der Waals surface area contributed by atoms with Crippen molar-refractivity contribution < 1.29 is 22.4 Å². The summed E-state index contributed by atoms with van der Waals surface area (Å²) in [7, 11) is 1.99. The molecule has 2 heterocycles. The minimum atomic E-state index is -0.941. The van der Waals surface area contributed by atoms with Gasteiger partial charge in [0.15, 0.2) is 0 Å². The Morgan fingerprint density at radius 2 is 1.67 bits per heavy atom. The maximum Gasteiger partial charge on any atom is 0.255 e. The van der Waals surface area contributed by atoms with Crippen molar-refractivity contribution in [1.29, 1.82) is 0 Å². The molecule has 1 aliphatic rings. The van der Waals surface area contributed by atoms with Gasteiger partial charge in [0.05, 0.1) is 0 Å². The van der Waals surface area contributed by atoms with Gasteiger partial charge in [0.2, 0.25) is 0 Å². The summed E-state index contributed by atoms with van der Waals surface area (Å²) in [5.74, 6) is -3.55. The van der Waals surface area contributed by atoms with Gasteiger partial charge in [0.25, 0.3) is 5.56 Å². The first-order chi connectivity index (χ1) is 15.8. The molecule has 0 aliphatic carbocycles.